The molecule has 0 radical (unpaired) electrons. The number of benzene rings is 1. The van der Waals surface area contributed by atoms with Gasteiger partial charge in [-0.25, -0.2) is 9.59 Å². The van der Waals surface area contributed by atoms with Crippen molar-refractivity contribution >= 4 is 35.9 Å². The second-order valence-electron chi connectivity index (χ2n) is 20.9. The Kier molecular flexibility index (Phi) is 14.9. The predicted octanol–water partition coefficient (Wildman–Crippen LogP) is 7.81. The highest BCUT2D eigenvalue weighted by Crippen LogP contribution is 2.50. The van der Waals surface area contributed by atoms with Crippen molar-refractivity contribution in [3.05, 3.63) is 35.9 Å². The van der Waals surface area contributed by atoms with Crippen LogP contribution in [0.25, 0.3) is 0 Å². The summed E-state index contributed by atoms with van der Waals surface area (Å²) >= 11 is 0. The van der Waals surface area contributed by atoms with Gasteiger partial charge in [0.15, 0.2) is 0 Å². The molecule has 4 heterocycles. The van der Waals surface area contributed by atoms with Crippen LogP contribution in [0.2, 0.25) is 0 Å². The van der Waals surface area contributed by atoms with Crippen molar-refractivity contribution in [3.8, 4) is 0 Å². The predicted molar refractivity (Wildman–Crippen MR) is 232 cm³/mol. The minimum Gasteiger partial charge on any atom is -0.481 e. The van der Waals surface area contributed by atoms with Crippen molar-refractivity contribution in [1.82, 2.24) is 19.6 Å². The van der Waals surface area contributed by atoms with Crippen molar-refractivity contribution in [2.75, 3.05) is 39.3 Å². The average Bonchev–Trinajstić information content (AvgIpc) is 3.70. The summed E-state index contributed by atoms with van der Waals surface area (Å²) in [7, 11) is 0. The highest BCUT2D eigenvalue weighted by Gasteiger charge is 2.53. The fourth-order valence-corrected chi connectivity index (χ4v) is 10.9. The van der Waals surface area contributed by atoms with Gasteiger partial charge in [0.2, 0.25) is 11.8 Å². The minimum atomic E-state index is -0.772. The molecule has 62 heavy (non-hydrogen) atoms. The first-order valence-electron chi connectivity index (χ1n) is 23.3. The lowest BCUT2D eigenvalue weighted by Crippen LogP contribution is -2.50. The summed E-state index contributed by atoms with van der Waals surface area (Å²) in [5.74, 6) is -0.736. The van der Waals surface area contributed by atoms with Crippen LogP contribution >= 0.6 is 0 Å². The van der Waals surface area contributed by atoms with E-state index in [9.17, 15) is 33.9 Å². The monoisotopic (exact) mass is 865 g/mol. The summed E-state index contributed by atoms with van der Waals surface area (Å²) in [5.41, 5.74) is -0.821. The van der Waals surface area contributed by atoms with E-state index in [1.54, 1.807) is 9.80 Å². The Morgan fingerprint density at radius 1 is 0.645 bits per heavy atom. The largest absolute Gasteiger partial charge is 0.481 e. The molecule has 6 aliphatic rings. The summed E-state index contributed by atoms with van der Waals surface area (Å²) in [4.78, 5) is 82.8. The molecule has 344 valence electrons. The number of piperidine rings is 2. The van der Waals surface area contributed by atoms with Crippen LogP contribution in [0, 0.1) is 22.7 Å². The number of amides is 4. The van der Waals surface area contributed by atoms with Gasteiger partial charge in [0.05, 0.1) is 16.7 Å². The zero-order chi connectivity index (χ0) is 44.9. The van der Waals surface area contributed by atoms with Crippen LogP contribution in [-0.2, 0) is 40.0 Å². The van der Waals surface area contributed by atoms with E-state index in [0.717, 1.165) is 89.2 Å². The standard InChI is InChI=1S/C28H40N2O5.C20H32N2O5/c1-27(2,3)35-26(33)29-15-11-23(12-16-29)30-17-14-28(25(30)32)13-7-10-22(19-28)18-24(31)34-20-21-8-5-4-6-9-21;1-19(2,3)27-18(26)21-10-6-15(7-11-21)22-12-9-20(17(22)25)8-4-5-14(13-20)16(23)24/h4-6,8-9,22-23H,7,10-20H2,1-3H3;14-15H,4-13H2,1-3H3,(H,23,24). The van der Waals surface area contributed by atoms with Crippen molar-refractivity contribution < 1.29 is 48.1 Å². The summed E-state index contributed by atoms with van der Waals surface area (Å²) in [6.45, 7) is 15.4. The molecule has 1 aromatic carbocycles. The van der Waals surface area contributed by atoms with Gasteiger partial charge in [-0.2, -0.15) is 0 Å². The molecule has 4 atom stereocenters. The number of ether oxygens (including phenoxy) is 3. The third kappa shape index (κ3) is 11.8. The Morgan fingerprint density at radius 2 is 1.11 bits per heavy atom. The number of esters is 1. The van der Waals surface area contributed by atoms with Crippen molar-refractivity contribution in [1.29, 1.82) is 0 Å². The van der Waals surface area contributed by atoms with Crippen LogP contribution in [0.15, 0.2) is 30.3 Å². The van der Waals surface area contributed by atoms with Crippen molar-refractivity contribution in [3.63, 3.8) is 0 Å². The summed E-state index contributed by atoms with van der Waals surface area (Å²) < 4.78 is 16.4. The molecular weight excluding hydrogens is 793 g/mol. The number of hydrogen-bond donors (Lipinski definition) is 1. The summed E-state index contributed by atoms with van der Waals surface area (Å²) in [6, 6.07) is 10.0. The van der Waals surface area contributed by atoms with Crippen LogP contribution in [-0.4, -0.2) is 123 Å². The van der Waals surface area contributed by atoms with Gasteiger partial charge in [-0.1, -0.05) is 43.2 Å². The molecule has 2 spiro atoms. The molecular formula is C48H72N4O10. The molecule has 0 aromatic heterocycles. The quantitative estimate of drug-likeness (QED) is 0.211. The number of hydrogen-bond acceptors (Lipinski definition) is 9. The molecule has 4 amide bonds. The van der Waals surface area contributed by atoms with E-state index in [1.807, 2.05) is 76.8 Å². The van der Waals surface area contributed by atoms with Crippen LogP contribution < -0.4 is 0 Å². The van der Waals surface area contributed by atoms with Gasteiger partial charge in [0.25, 0.3) is 0 Å². The number of carboxylic acids is 1. The number of carboxylic acid groups (broad SMARTS) is 1. The third-order valence-corrected chi connectivity index (χ3v) is 14.0. The van der Waals surface area contributed by atoms with Gasteiger partial charge in [-0.05, 0) is 130 Å². The molecule has 14 heteroatoms. The van der Waals surface area contributed by atoms with Crippen LogP contribution in [0.5, 0.6) is 0 Å². The minimum absolute atomic E-state index is 0.140. The fraction of sp³-hybridized carbons (Fsp3) is 0.750. The first kappa shape index (κ1) is 47.1. The molecule has 4 unspecified atom stereocenters. The van der Waals surface area contributed by atoms with Crippen LogP contribution in [0.1, 0.15) is 143 Å². The summed E-state index contributed by atoms with van der Waals surface area (Å²) in [6.07, 6.45) is 11.0. The maximum absolute atomic E-state index is 13.6. The molecule has 7 rings (SSSR count). The van der Waals surface area contributed by atoms with Gasteiger partial charge in [0.1, 0.15) is 17.8 Å². The molecule has 0 bridgehead atoms. The van der Waals surface area contributed by atoms with Crippen LogP contribution in [0.4, 0.5) is 9.59 Å². The normalized spacial score (nSPS) is 27.6. The number of rotatable bonds is 7. The van der Waals surface area contributed by atoms with E-state index in [-0.39, 0.29) is 53.4 Å². The Morgan fingerprint density at radius 3 is 1.58 bits per heavy atom. The Bertz CT molecular complexity index is 1760. The number of nitrogens with zero attached hydrogens (tertiary/aromatic N) is 4. The second kappa shape index (κ2) is 19.6. The highest BCUT2D eigenvalue weighted by atomic mass is 16.6. The Hall–Kier alpha value is -4.36. The summed E-state index contributed by atoms with van der Waals surface area (Å²) in [5, 5.41) is 9.37. The Labute approximate surface area is 368 Å². The average molecular weight is 865 g/mol. The number of carbonyl (C=O) groups is 6. The van der Waals surface area contributed by atoms with Crippen LogP contribution in [0.3, 0.4) is 0 Å². The zero-order valence-electron chi connectivity index (χ0n) is 38.2. The number of likely N-dealkylation sites (tertiary alicyclic amines) is 4. The molecule has 2 saturated carbocycles. The van der Waals surface area contributed by atoms with E-state index in [4.69, 9.17) is 14.2 Å². The first-order chi connectivity index (χ1) is 29.3. The van der Waals surface area contributed by atoms with E-state index >= 15 is 0 Å². The van der Waals surface area contributed by atoms with E-state index < -0.39 is 28.5 Å². The topological polar surface area (TPSA) is 163 Å². The molecule has 4 aliphatic heterocycles. The Balaban J connectivity index is 0.000000214. The van der Waals surface area contributed by atoms with Gasteiger partial charge < -0.3 is 38.9 Å². The van der Waals surface area contributed by atoms with Crippen molar-refractivity contribution in [2.24, 2.45) is 22.7 Å². The van der Waals surface area contributed by atoms with Gasteiger partial charge >= 0.3 is 24.1 Å². The van der Waals surface area contributed by atoms with Gasteiger partial charge in [-0.15, -0.1) is 0 Å². The van der Waals surface area contributed by atoms with E-state index in [1.165, 1.54) is 0 Å². The van der Waals surface area contributed by atoms with Gasteiger partial charge in [-0.3, -0.25) is 19.2 Å². The maximum Gasteiger partial charge on any atom is 0.410 e. The zero-order valence-corrected chi connectivity index (χ0v) is 38.2. The van der Waals surface area contributed by atoms with Gasteiger partial charge in [0, 0.05) is 57.8 Å². The number of aliphatic carboxylic acids is 1. The lowest BCUT2D eigenvalue weighted by atomic mass is 9.68. The molecule has 4 saturated heterocycles. The van der Waals surface area contributed by atoms with E-state index in [0.29, 0.717) is 58.6 Å². The fourth-order valence-electron chi connectivity index (χ4n) is 10.9. The molecule has 2 aliphatic carbocycles. The smallest absolute Gasteiger partial charge is 0.410 e. The lowest BCUT2D eigenvalue weighted by molar-refractivity contribution is -0.149. The molecule has 14 nitrogen and oxygen atoms in total. The molecule has 6 fully saturated rings. The number of carbonyl (C=O) groups excluding carboxylic acids is 5. The highest BCUT2D eigenvalue weighted by molar-refractivity contribution is 5.87. The van der Waals surface area contributed by atoms with E-state index in [2.05, 4.69) is 4.90 Å². The SMILES string of the molecule is CC(C)(C)OC(=O)N1CCC(N2CCC3(CCCC(C(=O)O)C3)C2=O)CC1.CC(C)(C)OC(=O)N1CCC(N2CCC3(CCCC(CC(=O)OCc4ccccc4)C3)C2=O)CC1. The third-order valence-electron chi connectivity index (χ3n) is 14.0. The molecule has 1 aromatic rings. The van der Waals surface area contributed by atoms with Crippen molar-refractivity contribution in [2.45, 2.75) is 168 Å². The second-order valence-corrected chi connectivity index (χ2v) is 20.9. The maximum atomic E-state index is 13.6. The molecule has 1 N–H and O–H groups in total. The lowest BCUT2D eigenvalue weighted by Gasteiger charge is -2.40. The first-order valence-corrected chi connectivity index (χ1v) is 23.3.